The first kappa shape index (κ1) is 11.4. The minimum atomic E-state index is -0.212. The summed E-state index contributed by atoms with van der Waals surface area (Å²) >= 11 is 0. The molecule has 1 aliphatic heterocycles. The summed E-state index contributed by atoms with van der Waals surface area (Å²) in [4.78, 5) is 14.1. The molecule has 1 amide bonds. The molecule has 1 saturated carbocycles. The van der Waals surface area contributed by atoms with Gasteiger partial charge in [0.05, 0.1) is 11.5 Å². The van der Waals surface area contributed by atoms with Gasteiger partial charge in [0.25, 0.3) is 0 Å². The van der Waals surface area contributed by atoms with Crippen molar-refractivity contribution in [3.63, 3.8) is 0 Å². The average Bonchev–Trinajstić information content (AvgIpc) is 2.88. The number of hydrogen-bond donors (Lipinski definition) is 0. The standard InChI is InChI=1S/C13H20N2O/c1-12(2)8-10(12)11(16)15-6-4-13(3,9-14)5-7-15/h10H,4-8H2,1-3H3. The van der Waals surface area contributed by atoms with Crippen LogP contribution in [-0.2, 0) is 4.79 Å². The molecule has 0 aromatic rings. The fourth-order valence-corrected chi connectivity index (χ4v) is 2.44. The van der Waals surface area contributed by atoms with E-state index in [-0.39, 0.29) is 16.7 Å². The molecule has 0 N–H and O–H groups in total. The molecule has 1 heterocycles. The largest absolute Gasteiger partial charge is 0.342 e. The van der Waals surface area contributed by atoms with Crippen LogP contribution in [-0.4, -0.2) is 23.9 Å². The van der Waals surface area contributed by atoms with Gasteiger partial charge in [-0.05, 0) is 31.6 Å². The number of hydrogen-bond acceptors (Lipinski definition) is 2. The molecule has 3 nitrogen and oxygen atoms in total. The zero-order valence-electron chi connectivity index (χ0n) is 10.4. The summed E-state index contributed by atoms with van der Waals surface area (Å²) in [5.41, 5.74) is 0.00289. The summed E-state index contributed by atoms with van der Waals surface area (Å²) in [7, 11) is 0. The van der Waals surface area contributed by atoms with Crippen LogP contribution in [0.3, 0.4) is 0 Å². The van der Waals surface area contributed by atoms with E-state index in [1.165, 1.54) is 0 Å². The number of nitriles is 1. The van der Waals surface area contributed by atoms with Gasteiger partial charge in [0.15, 0.2) is 0 Å². The smallest absolute Gasteiger partial charge is 0.226 e. The number of nitrogens with zero attached hydrogens (tertiary/aromatic N) is 2. The monoisotopic (exact) mass is 220 g/mol. The maximum absolute atomic E-state index is 12.1. The molecular weight excluding hydrogens is 200 g/mol. The third kappa shape index (κ3) is 1.93. The lowest BCUT2D eigenvalue weighted by atomic mass is 9.82. The number of amides is 1. The maximum atomic E-state index is 12.1. The summed E-state index contributed by atoms with van der Waals surface area (Å²) < 4.78 is 0. The fourth-order valence-electron chi connectivity index (χ4n) is 2.44. The molecule has 0 radical (unpaired) electrons. The van der Waals surface area contributed by atoms with Gasteiger partial charge in [0, 0.05) is 19.0 Å². The summed E-state index contributed by atoms with van der Waals surface area (Å²) in [6.07, 6.45) is 2.67. The van der Waals surface area contributed by atoms with E-state index in [0.29, 0.717) is 5.91 Å². The second-order valence-electron chi connectivity index (χ2n) is 6.24. The van der Waals surface area contributed by atoms with Gasteiger partial charge in [-0.3, -0.25) is 4.79 Å². The summed E-state index contributed by atoms with van der Waals surface area (Å²) in [6.45, 7) is 7.82. The van der Waals surface area contributed by atoms with Crippen LogP contribution in [0.4, 0.5) is 0 Å². The van der Waals surface area contributed by atoms with Crippen LogP contribution >= 0.6 is 0 Å². The second-order valence-corrected chi connectivity index (χ2v) is 6.24. The minimum absolute atomic E-state index is 0.212. The van der Waals surface area contributed by atoms with Crippen molar-refractivity contribution < 1.29 is 4.79 Å². The number of carbonyl (C=O) groups excluding carboxylic acids is 1. The Morgan fingerprint density at radius 2 is 1.81 bits per heavy atom. The molecule has 0 bridgehead atoms. The molecule has 2 rings (SSSR count). The van der Waals surface area contributed by atoms with Gasteiger partial charge in [0.2, 0.25) is 5.91 Å². The number of piperidine rings is 1. The van der Waals surface area contributed by atoms with Crippen molar-refractivity contribution in [2.75, 3.05) is 13.1 Å². The third-order valence-corrected chi connectivity index (χ3v) is 4.26. The minimum Gasteiger partial charge on any atom is -0.342 e. The van der Waals surface area contributed by atoms with Crippen LogP contribution in [0.25, 0.3) is 0 Å². The highest BCUT2D eigenvalue weighted by Gasteiger charge is 2.52. The van der Waals surface area contributed by atoms with Crippen LogP contribution in [0.1, 0.15) is 40.0 Å². The van der Waals surface area contributed by atoms with E-state index in [4.69, 9.17) is 5.26 Å². The predicted molar refractivity (Wildman–Crippen MR) is 61.4 cm³/mol. The SMILES string of the molecule is CC1(C#N)CCN(C(=O)C2CC2(C)C)CC1. The lowest BCUT2D eigenvalue weighted by Gasteiger charge is -2.35. The molecule has 16 heavy (non-hydrogen) atoms. The quantitative estimate of drug-likeness (QED) is 0.680. The van der Waals surface area contributed by atoms with E-state index >= 15 is 0 Å². The molecule has 1 saturated heterocycles. The van der Waals surface area contributed by atoms with Crippen molar-refractivity contribution in [3.8, 4) is 6.07 Å². The Morgan fingerprint density at radius 3 is 2.19 bits per heavy atom. The molecule has 1 atom stereocenters. The third-order valence-electron chi connectivity index (χ3n) is 4.26. The fraction of sp³-hybridized carbons (Fsp3) is 0.846. The van der Waals surface area contributed by atoms with Crippen LogP contribution < -0.4 is 0 Å². The van der Waals surface area contributed by atoms with Crippen molar-refractivity contribution in [1.29, 1.82) is 5.26 Å². The number of likely N-dealkylation sites (tertiary alicyclic amines) is 1. The highest BCUT2D eigenvalue weighted by atomic mass is 16.2. The molecule has 88 valence electrons. The first-order chi connectivity index (χ1) is 7.38. The van der Waals surface area contributed by atoms with Crippen LogP contribution in [0, 0.1) is 28.1 Å². The Morgan fingerprint density at radius 1 is 1.31 bits per heavy atom. The zero-order chi connectivity index (χ0) is 12.0. The first-order valence-electron chi connectivity index (χ1n) is 6.08. The highest BCUT2D eigenvalue weighted by Crippen LogP contribution is 2.52. The summed E-state index contributed by atoms with van der Waals surface area (Å²) in [5, 5.41) is 9.03. The molecule has 2 fully saturated rings. The Labute approximate surface area is 97.4 Å². The average molecular weight is 220 g/mol. The van der Waals surface area contributed by atoms with E-state index in [1.807, 2.05) is 11.8 Å². The Kier molecular flexibility index (Phi) is 2.49. The van der Waals surface area contributed by atoms with Crippen molar-refractivity contribution in [2.24, 2.45) is 16.7 Å². The van der Waals surface area contributed by atoms with E-state index in [0.717, 1.165) is 32.4 Å². The van der Waals surface area contributed by atoms with Crippen LogP contribution in [0.2, 0.25) is 0 Å². The Balaban J connectivity index is 1.91. The van der Waals surface area contributed by atoms with Crippen LogP contribution in [0.5, 0.6) is 0 Å². The lowest BCUT2D eigenvalue weighted by Crippen LogP contribution is -2.42. The zero-order valence-corrected chi connectivity index (χ0v) is 10.4. The molecule has 1 aliphatic carbocycles. The Hall–Kier alpha value is -1.04. The Bertz CT molecular complexity index is 345. The first-order valence-corrected chi connectivity index (χ1v) is 6.08. The van der Waals surface area contributed by atoms with Crippen molar-refractivity contribution in [1.82, 2.24) is 4.90 Å². The molecule has 2 aliphatic rings. The van der Waals surface area contributed by atoms with E-state index < -0.39 is 0 Å². The molecular formula is C13H20N2O. The van der Waals surface area contributed by atoms with E-state index in [1.54, 1.807) is 0 Å². The van der Waals surface area contributed by atoms with E-state index in [9.17, 15) is 4.79 Å². The van der Waals surface area contributed by atoms with Gasteiger partial charge in [-0.2, -0.15) is 5.26 Å². The molecule has 0 spiro atoms. The van der Waals surface area contributed by atoms with Crippen molar-refractivity contribution in [2.45, 2.75) is 40.0 Å². The molecule has 3 heteroatoms. The van der Waals surface area contributed by atoms with Gasteiger partial charge in [-0.15, -0.1) is 0 Å². The van der Waals surface area contributed by atoms with Gasteiger partial charge in [-0.1, -0.05) is 13.8 Å². The lowest BCUT2D eigenvalue weighted by molar-refractivity contribution is -0.135. The van der Waals surface area contributed by atoms with Gasteiger partial charge >= 0.3 is 0 Å². The maximum Gasteiger partial charge on any atom is 0.226 e. The number of rotatable bonds is 1. The van der Waals surface area contributed by atoms with Crippen LogP contribution in [0.15, 0.2) is 0 Å². The molecule has 0 aromatic carbocycles. The van der Waals surface area contributed by atoms with Crippen molar-refractivity contribution >= 4 is 5.91 Å². The predicted octanol–water partition coefficient (Wildman–Crippen LogP) is 2.18. The summed E-state index contributed by atoms with van der Waals surface area (Å²) in [6, 6.07) is 2.36. The van der Waals surface area contributed by atoms with Crippen molar-refractivity contribution in [3.05, 3.63) is 0 Å². The van der Waals surface area contributed by atoms with Gasteiger partial charge in [0.1, 0.15) is 0 Å². The molecule has 0 aromatic heterocycles. The number of carbonyl (C=O) groups is 1. The second kappa shape index (κ2) is 3.48. The topological polar surface area (TPSA) is 44.1 Å². The van der Waals surface area contributed by atoms with E-state index in [2.05, 4.69) is 19.9 Å². The normalized spacial score (nSPS) is 30.6. The molecule has 1 unspecified atom stereocenters. The summed E-state index contributed by atoms with van der Waals surface area (Å²) in [5.74, 6) is 0.545. The highest BCUT2D eigenvalue weighted by molar-refractivity contribution is 5.82. The van der Waals surface area contributed by atoms with Gasteiger partial charge < -0.3 is 4.90 Å². The van der Waals surface area contributed by atoms with Gasteiger partial charge in [-0.25, -0.2) is 0 Å².